The minimum absolute atomic E-state index is 0.112. The lowest BCUT2D eigenvalue weighted by Gasteiger charge is -2.19. The average Bonchev–Trinajstić information content (AvgIpc) is 2.63. The molecule has 2 N–H and O–H groups in total. The van der Waals surface area contributed by atoms with E-state index in [1.807, 2.05) is 80.6 Å². The molecular formula is C21H24N2O2. The van der Waals surface area contributed by atoms with Crippen LogP contribution in [-0.2, 0) is 9.59 Å². The summed E-state index contributed by atoms with van der Waals surface area (Å²) in [5, 5.41) is 5.75. The molecule has 0 aliphatic rings. The van der Waals surface area contributed by atoms with Gasteiger partial charge in [-0.15, -0.1) is 0 Å². The maximum Gasteiger partial charge on any atom is 0.232 e. The highest BCUT2D eigenvalue weighted by atomic mass is 16.2. The predicted octanol–water partition coefficient (Wildman–Crippen LogP) is 4.63. The molecule has 2 amide bonds. The van der Waals surface area contributed by atoms with Crippen molar-refractivity contribution in [3.63, 3.8) is 0 Å². The predicted molar refractivity (Wildman–Crippen MR) is 102 cm³/mol. The standard InChI is InChI=1S/C21H24N2O2/c1-3-16(4-2)19(21(25)23-18-13-9-6-10-14-18)15-20(24)22-17-11-7-5-8-12-17/h3,5-14,19H,4,15H2,1-2H3,(H,22,24)(H,23,25). The van der Waals surface area contributed by atoms with Crippen LogP contribution in [0.5, 0.6) is 0 Å². The van der Waals surface area contributed by atoms with Crippen molar-refractivity contribution in [2.45, 2.75) is 26.7 Å². The quantitative estimate of drug-likeness (QED) is 0.725. The SMILES string of the molecule is CC=C(CC)C(CC(=O)Nc1ccccc1)C(=O)Nc1ccccc1. The van der Waals surface area contributed by atoms with Gasteiger partial charge in [0.1, 0.15) is 0 Å². The van der Waals surface area contributed by atoms with E-state index >= 15 is 0 Å². The van der Waals surface area contributed by atoms with E-state index in [4.69, 9.17) is 0 Å². The number of allylic oxidation sites excluding steroid dienone is 1. The summed E-state index contributed by atoms with van der Waals surface area (Å²) in [6.45, 7) is 3.89. The normalized spacial score (nSPS) is 12.3. The summed E-state index contributed by atoms with van der Waals surface area (Å²) < 4.78 is 0. The minimum atomic E-state index is -0.487. The van der Waals surface area contributed by atoms with Gasteiger partial charge in [0, 0.05) is 17.8 Å². The number of carbonyl (C=O) groups excluding carboxylic acids is 2. The average molecular weight is 336 g/mol. The Labute approximate surface area is 149 Å². The Balaban J connectivity index is 2.10. The van der Waals surface area contributed by atoms with Crippen LogP contribution in [0.4, 0.5) is 11.4 Å². The van der Waals surface area contributed by atoms with Crippen LogP contribution in [0.1, 0.15) is 26.7 Å². The summed E-state index contributed by atoms with van der Waals surface area (Å²) in [5.74, 6) is -0.824. The molecule has 0 aromatic heterocycles. The van der Waals surface area contributed by atoms with E-state index in [-0.39, 0.29) is 18.2 Å². The Hall–Kier alpha value is -2.88. The molecule has 4 heteroatoms. The van der Waals surface area contributed by atoms with Crippen LogP contribution in [0, 0.1) is 5.92 Å². The van der Waals surface area contributed by atoms with E-state index in [9.17, 15) is 9.59 Å². The van der Waals surface area contributed by atoms with Crippen LogP contribution in [0.3, 0.4) is 0 Å². The maximum absolute atomic E-state index is 12.7. The second kappa shape index (κ2) is 9.42. The zero-order valence-electron chi connectivity index (χ0n) is 14.7. The number of rotatable bonds is 7. The van der Waals surface area contributed by atoms with Gasteiger partial charge in [-0.1, -0.05) is 55.0 Å². The molecule has 0 radical (unpaired) electrons. The van der Waals surface area contributed by atoms with E-state index in [1.54, 1.807) is 0 Å². The summed E-state index contributed by atoms with van der Waals surface area (Å²) in [6.07, 6.45) is 2.76. The third-order valence-electron chi connectivity index (χ3n) is 4.03. The first-order chi connectivity index (χ1) is 12.1. The van der Waals surface area contributed by atoms with Crippen molar-refractivity contribution in [1.29, 1.82) is 0 Å². The fourth-order valence-electron chi connectivity index (χ4n) is 2.71. The lowest BCUT2D eigenvalue weighted by atomic mass is 9.91. The number of anilines is 2. The van der Waals surface area contributed by atoms with Crippen LogP contribution in [0.2, 0.25) is 0 Å². The number of nitrogens with one attached hydrogen (secondary N) is 2. The van der Waals surface area contributed by atoms with E-state index in [0.717, 1.165) is 23.4 Å². The molecule has 0 aliphatic heterocycles. The first-order valence-corrected chi connectivity index (χ1v) is 8.50. The zero-order valence-corrected chi connectivity index (χ0v) is 14.7. The Morgan fingerprint density at radius 2 is 1.44 bits per heavy atom. The molecule has 1 unspecified atom stereocenters. The number of hydrogen-bond donors (Lipinski definition) is 2. The molecule has 2 aromatic carbocycles. The molecule has 0 heterocycles. The van der Waals surface area contributed by atoms with Gasteiger partial charge in [0.25, 0.3) is 0 Å². The molecule has 0 aliphatic carbocycles. The molecule has 0 saturated carbocycles. The minimum Gasteiger partial charge on any atom is -0.326 e. The summed E-state index contributed by atoms with van der Waals surface area (Å²) in [7, 11) is 0. The molecule has 1 atom stereocenters. The Morgan fingerprint density at radius 1 is 0.920 bits per heavy atom. The molecule has 0 bridgehead atoms. The molecular weight excluding hydrogens is 312 g/mol. The Kier molecular flexibility index (Phi) is 6.96. The van der Waals surface area contributed by atoms with Gasteiger partial charge in [-0.05, 0) is 37.6 Å². The fourth-order valence-corrected chi connectivity index (χ4v) is 2.71. The van der Waals surface area contributed by atoms with Crippen molar-refractivity contribution in [3.8, 4) is 0 Å². The zero-order chi connectivity index (χ0) is 18.1. The van der Waals surface area contributed by atoms with Crippen LogP contribution < -0.4 is 10.6 Å². The number of para-hydroxylation sites is 2. The molecule has 0 fully saturated rings. The van der Waals surface area contributed by atoms with Crippen LogP contribution in [0.15, 0.2) is 72.3 Å². The van der Waals surface area contributed by atoms with Crippen molar-refractivity contribution in [2.75, 3.05) is 10.6 Å². The van der Waals surface area contributed by atoms with Crippen LogP contribution in [0.25, 0.3) is 0 Å². The number of carbonyl (C=O) groups is 2. The molecule has 2 rings (SSSR count). The first-order valence-electron chi connectivity index (χ1n) is 8.50. The molecule has 0 spiro atoms. The monoisotopic (exact) mass is 336 g/mol. The van der Waals surface area contributed by atoms with Gasteiger partial charge >= 0.3 is 0 Å². The van der Waals surface area contributed by atoms with Gasteiger partial charge in [-0.2, -0.15) is 0 Å². The van der Waals surface area contributed by atoms with Crippen LogP contribution in [-0.4, -0.2) is 11.8 Å². The fraction of sp³-hybridized carbons (Fsp3) is 0.238. The lowest BCUT2D eigenvalue weighted by molar-refractivity contribution is -0.123. The summed E-state index contributed by atoms with van der Waals surface area (Å²) >= 11 is 0. The molecule has 0 saturated heterocycles. The van der Waals surface area contributed by atoms with Gasteiger partial charge in [0.15, 0.2) is 0 Å². The van der Waals surface area contributed by atoms with Gasteiger partial charge < -0.3 is 10.6 Å². The maximum atomic E-state index is 12.7. The highest BCUT2D eigenvalue weighted by Gasteiger charge is 2.24. The molecule has 25 heavy (non-hydrogen) atoms. The highest BCUT2D eigenvalue weighted by Crippen LogP contribution is 2.22. The van der Waals surface area contributed by atoms with Crippen molar-refractivity contribution in [3.05, 3.63) is 72.3 Å². The van der Waals surface area contributed by atoms with Crippen LogP contribution >= 0.6 is 0 Å². The number of benzene rings is 2. The smallest absolute Gasteiger partial charge is 0.232 e. The summed E-state index contributed by atoms with van der Waals surface area (Å²) in [4.78, 5) is 25.1. The van der Waals surface area contributed by atoms with E-state index < -0.39 is 5.92 Å². The number of amides is 2. The largest absolute Gasteiger partial charge is 0.326 e. The van der Waals surface area contributed by atoms with E-state index in [0.29, 0.717) is 0 Å². The third kappa shape index (κ3) is 5.60. The lowest BCUT2D eigenvalue weighted by Crippen LogP contribution is -2.29. The van der Waals surface area contributed by atoms with Gasteiger partial charge in [-0.25, -0.2) is 0 Å². The van der Waals surface area contributed by atoms with Crippen molar-refractivity contribution < 1.29 is 9.59 Å². The van der Waals surface area contributed by atoms with E-state index in [1.165, 1.54) is 0 Å². The Morgan fingerprint density at radius 3 is 1.92 bits per heavy atom. The van der Waals surface area contributed by atoms with Gasteiger partial charge in [0.05, 0.1) is 5.92 Å². The molecule has 2 aromatic rings. The second-order valence-electron chi connectivity index (χ2n) is 5.74. The summed E-state index contributed by atoms with van der Waals surface area (Å²) in [6, 6.07) is 18.6. The second-order valence-corrected chi connectivity index (χ2v) is 5.74. The first kappa shape index (κ1) is 18.5. The summed E-state index contributed by atoms with van der Waals surface area (Å²) in [5.41, 5.74) is 2.41. The molecule has 4 nitrogen and oxygen atoms in total. The topological polar surface area (TPSA) is 58.2 Å². The Bertz CT molecular complexity index is 724. The molecule has 130 valence electrons. The van der Waals surface area contributed by atoms with Gasteiger partial charge in [-0.3, -0.25) is 9.59 Å². The van der Waals surface area contributed by atoms with Crippen molar-refractivity contribution >= 4 is 23.2 Å². The van der Waals surface area contributed by atoms with Crippen molar-refractivity contribution in [1.82, 2.24) is 0 Å². The van der Waals surface area contributed by atoms with Gasteiger partial charge in [0.2, 0.25) is 11.8 Å². The third-order valence-corrected chi connectivity index (χ3v) is 4.03. The highest BCUT2D eigenvalue weighted by molar-refractivity contribution is 5.99. The van der Waals surface area contributed by atoms with Crippen molar-refractivity contribution in [2.24, 2.45) is 5.92 Å². The number of hydrogen-bond acceptors (Lipinski definition) is 2. The van der Waals surface area contributed by atoms with E-state index in [2.05, 4.69) is 10.6 Å².